The number of ether oxygens (including phenoxy) is 2. The molecule has 0 radical (unpaired) electrons. The Balaban J connectivity index is 1.68. The first-order valence-corrected chi connectivity index (χ1v) is 7.17. The number of rotatable bonds is 3. The van der Waals surface area contributed by atoms with Crippen LogP contribution < -0.4 is 4.74 Å². The quantitative estimate of drug-likeness (QED) is 0.838. The Morgan fingerprint density at radius 1 is 1.11 bits per heavy atom. The molecule has 1 atom stereocenters. The first-order chi connectivity index (χ1) is 9.34. The van der Waals surface area contributed by atoms with Crippen molar-refractivity contribution >= 4 is 5.78 Å². The molecule has 0 bridgehead atoms. The van der Waals surface area contributed by atoms with E-state index in [-0.39, 0.29) is 5.92 Å². The van der Waals surface area contributed by atoms with E-state index in [1.807, 2.05) is 18.2 Å². The predicted molar refractivity (Wildman–Crippen MR) is 72.5 cm³/mol. The topological polar surface area (TPSA) is 35.5 Å². The molecule has 102 valence electrons. The summed E-state index contributed by atoms with van der Waals surface area (Å²) in [4.78, 5) is 12.4. The average Bonchev–Trinajstić information content (AvgIpc) is 2.48. The number of fused-ring (bicyclic) bond motifs is 1. The van der Waals surface area contributed by atoms with Gasteiger partial charge >= 0.3 is 0 Å². The molecule has 2 heterocycles. The van der Waals surface area contributed by atoms with Crippen LogP contribution in [-0.4, -0.2) is 25.6 Å². The van der Waals surface area contributed by atoms with E-state index in [2.05, 4.69) is 6.07 Å². The molecule has 1 fully saturated rings. The van der Waals surface area contributed by atoms with Crippen molar-refractivity contribution in [2.24, 2.45) is 5.92 Å². The van der Waals surface area contributed by atoms with Gasteiger partial charge in [-0.2, -0.15) is 0 Å². The van der Waals surface area contributed by atoms with E-state index in [0.29, 0.717) is 18.1 Å². The lowest BCUT2D eigenvalue weighted by Gasteiger charge is -2.27. The standard InChI is InChI=1S/C16H20O3/c17-15(12-5-8-18-9-6-12)11-13-7-10-19-16-4-2-1-3-14(13)16/h1-4,12-13H,5-11H2. The van der Waals surface area contributed by atoms with Crippen molar-refractivity contribution in [1.82, 2.24) is 0 Å². The first kappa shape index (κ1) is 12.7. The molecule has 0 saturated carbocycles. The maximum Gasteiger partial charge on any atom is 0.136 e. The molecule has 0 aliphatic carbocycles. The van der Waals surface area contributed by atoms with E-state index in [1.165, 1.54) is 5.56 Å². The zero-order valence-electron chi connectivity index (χ0n) is 11.1. The van der Waals surface area contributed by atoms with Crippen molar-refractivity contribution in [3.8, 4) is 5.75 Å². The maximum atomic E-state index is 12.4. The maximum absolute atomic E-state index is 12.4. The van der Waals surface area contributed by atoms with Crippen molar-refractivity contribution in [2.75, 3.05) is 19.8 Å². The average molecular weight is 260 g/mol. The normalized spacial score (nSPS) is 23.5. The molecule has 1 unspecified atom stereocenters. The smallest absolute Gasteiger partial charge is 0.136 e. The van der Waals surface area contributed by atoms with Crippen molar-refractivity contribution in [1.29, 1.82) is 0 Å². The van der Waals surface area contributed by atoms with Crippen molar-refractivity contribution in [3.05, 3.63) is 29.8 Å². The van der Waals surface area contributed by atoms with Crippen LogP contribution in [0.4, 0.5) is 0 Å². The van der Waals surface area contributed by atoms with Crippen LogP contribution >= 0.6 is 0 Å². The van der Waals surface area contributed by atoms with Gasteiger partial charge in [0, 0.05) is 25.6 Å². The minimum absolute atomic E-state index is 0.212. The summed E-state index contributed by atoms with van der Waals surface area (Å²) in [7, 11) is 0. The summed E-state index contributed by atoms with van der Waals surface area (Å²) in [6, 6.07) is 8.11. The molecule has 1 aromatic carbocycles. The number of hydrogen-bond donors (Lipinski definition) is 0. The van der Waals surface area contributed by atoms with Gasteiger partial charge in [-0.3, -0.25) is 4.79 Å². The Labute approximate surface area is 113 Å². The summed E-state index contributed by atoms with van der Waals surface area (Å²) in [6.45, 7) is 2.20. The third-order valence-corrected chi connectivity index (χ3v) is 4.21. The zero-order chi connectivity index (χ0) is 13.1. The van der Waals surface area contributed by atoms with E-state index in [1.54, 1.807) is 0 Å². The fourth-order valence-electron chi connectivity index (χ4n) is 3.06. The number of hydrogen-bond acceptors (Lipinski definition) is 3. The largest absolute Gasteiger partial charge is 0.493 e. The van der Waals surface area contributed by atoms with Gasteiger partial charge in [-0.15, -0.1) is 0 Å². The van der Waals surface area contributed by atoms with Gasteiger partial charge in [0.05, 0.1) is 6.61 Å². The molecule has 2 aliphatic heterocycles. The second-order valence-corrected chi connectivity index (χ2v) is 5.43. The number of carbonyl (C=O) groups excluding carboxylic acids is 1. The van der Waals surface area contributed by atoms with Crippen LogP contribution in [0.1, 0.15) is 37.2 Å². The molecule has 0 spiro atoms. The van der Waals surface area contributed by atoms with Gasteiger partial charge in [0.1, 0.15) is 11.5 Å². The van der Waals surface area contributed by atoms with Crippen LogP contribution in [0.25, 0.3) is 0 Å². The molecule has 1 aromatic rings. The van der Waals surface area contributed by atoms with Gasteiger partial charge in [0.2, 0.25) is 0 Å². The van der Waals surface area contributed by atoms with Crippen molar-refractivity contribution in [3.63, 3.8) is 0 Å². The molecule has 2 aliphatic rings. The Hall–Kier alpha value is -1.35. The van der Waals surface area contributed by atoms with E-state index in [9.17, 15) is 4.79 Å². The van der Waals surface area contributed by atoms with Crippen LogP contribution in [0.15, 0.2) is 24.3 Å². The number of Topliss-reactive ketones (excluding diaryl/α,β-unsaturated/α-hetero) is 1. The van der Waals surface area contributed by atoms with E-state index in [0.717, 1.165) is 44.8 Å². The second-order valence-electron chi connectivity index (χ2n) is 5.43. The molecule has 19 heavy (non-hydrogen) atoms. The summed E-state index contributed by atoms with van der Waals surface area (Å²) >= 11 is 0. The second kappa shape index (κ2) is 5.74. The Morgan fingerprint density at radius 3 is 2.74 bits per heavy atom. The molecular formula is C16H20O3. The lowest BCUT2D eigenvalue weighted by molar-refractivity contribution is -0.126. The monoisotopic (exact) mass is 260 g/mol. The lowest BCUT2D eigenvalue weighted by atomic mass is 9.83. The van der Waals surface area contributed by atoms with E-state index >= 15 is 0 Å². The lowest BCUT2D eigenvalue weighted by Crippen LogP contribution is -2.26. The van der Waals surface area contributed by atoms with Crippen LogP contribution in [0.5, 0.6) is 5.75 Å². The first-order valence-electron chi connectivity index (χ1n) is 7.17. The molecule has 0 amide bonds. The fraction of sp³-hybridized carbons (Fsp3) is 0.562. The molecule has 3 rings (SSSR count). The van der Waals surface area contributed by atoms with Gasteiger partial charge < -0.3 is 9.47 Å². The highest BCUT2D eigenvalue weighted by Crippen LogP contribution is 2.36. The minimum Gasteiger partial charge on any atom is -0.493 e. The summed E-state index contributed by atoms with van der Waals surface area (Å²) in [5, 5.41) is 0. The molecule has 3 nitrogen and oxygen atoms in total. The summed E-state index contributed by atoms with van der Waals surface area (Å²) in [6.07, 6.45) is 3.39. The highest BCUT2D eigenvalue weighted by atomic mass is 16.5. The number of benzene rings is 1. The highest BCUT2D eigenvalue weighted by Gasteiger charge is 2.28. The van der Waals surface area contributed by atoms with Crippen molar-refractivity contribution in [2.45, 2.75) is 31.6 Å². The van der Waals surface area contributed by atoms with Crippen molar-refractivity contribution < 1.29 is 14.3 Å². The molecule has 1 saturated heterocycles. The number of para-hydroxylation sites is 1. The third-order valence-electron chi connectivity index (χ3n) is 4.21. The van der Waals surface area contributed by atoms with Crippen LogP contribution in [0, 0.1) is 5.92 Å². The van der Waals surface area contributed by atoms with Gasteiger partial charge in [0.25, 0.3) is 0 Å². The SMILES string of the molecule is O=C(CC1CCOc2ccccc21)C1CCOCC1. The van der Waals surface area contributed by atoms with Crippen LogP contribution in [0.3, 0.4) is 0 Å². The summed E-state index contributed by atoms with van der Waals surface area (Å²) < 4.78 is 11.0. The minimum atomic E-state index is 0.212. The molecule has 0 aromatic heterocycles. The van der Waals surface area contributed by atoms with Gasteiger partial charge in [-0.1, -0.05) is 18.2 Å². The molecule has 3 heteroatoms. The predicted octanol–water partition coefficient (Wildman–Crippen LogP) is 2.94. The number of ketones is 1. The molecule has 0 N–H and O–H groups in total. The summed E-state index contributed by atoms with van der Waals surface area (Å²) in [5.74, 6) is 1.91. The third kappa shape index (κ3) is 2.81. The Morgan fingerprint density at radius 2 is 1.89 bits per heavy atom. The zero-order valence-corrected chi connectivity index (χ0v) is 11.1. The molecular weight excluding hydrogens is 240 g/mol. The Bertz CT molecular complexity index is 449. The highest BCUT2D eigenvalue weighted by molar-refractivity contribution is 5.82. The van der Waals surface area contributed by atoms with E-state index in [4.69, 9.17) is 9.47 Å². The van der Waals surface area contributed by atoms with Gasteiger partial charge in [-0.25, -0.2) is 0 Å². The van der Waals surface area contributed by atoms with Crippen LogP contribution in [0.2, 0.25) is 0 Å². The Kier molecular flexibility index (Phi) is 3.83. The van der Waals surface area contributed by atoms with Crippen LogP contribution in [-0.2, 0) is 9.53 Å². The van der Waals surface area contributed by atoms with Gasteiger partial charge in [-0.05, 0) is 36.8 Å². The van der Waals surface area contributed by atoms with E-state index < -0.39 is 0 Å². The fourth-order valence-corrected chi connectivity index (χ4v) is 3.06. The van der Waals surface area contributed by atoms with Gasteiger partial charge in [0.15, 0.2) is 0 Å². The summed E-state index contributed by atoms with van der Waals surface area (Å²) in [5.41, 5.74) is 1.20. The number of carbonyl (C=O) groups is 1.